The maximum atomic E-state index is 2.78. The summed E-state index contributed by atoms with van der Waals surface area (Å²) in [6, 6.07) is 54.3. The second-order valence-corrected chi connectivity index (χ2v) is 43.1. The maximum absolute atomic E-state index is 2.78. The number of hydrogen-bond acceptors (Lipinski definition) is 8. The molecule has 24 heterocycles. The smallest absolute Gasteiger partial charge is 0.110 e. The second kappa shape index (κ2) is 29.8. The summed E-state index contributed by atoms with van der Waals surface area (Å²) in [5.74, 6) is 9.60. The van der Waals surface area contributed by atoms with Gasteiger partial charge in [-0.3, -0.25) is 19.6 Å². The van der Waals surface area contributed by atoms with Crippen molar-refractivity contribution in [2.45, 2.75) is 287 Å². The quantitative estimate of drug-likeness (QED) is 0.156. The molecule has 4 saturated carbocycles. The van der Waals surface area contributed by atoms with Crippen LogP contribution in [0.5, 0.6) is 0 Å². The summed E-state index contributed by atoms with van der Waals surface area (Å²) in [7, 11) is 15.2. The highest BCUT2D eigenvalue weighted by Gasteiger charge is 2.67. The molecule has 17 aliphatic heterocycles. The lowest BCUT2D eigenvalue weighted by atomic mass is 9.47. The van der Waals surface area contributed by atoms with Crippen LogP contribution in [0.3, 0.4) is 0 Å². The fourth-order valence-corrected chi connectivity index (χ4v) is 30.9. The molecular weight excluding hydrogens is 1470 g/mol. The van der Waals surface area contributed by atoms with Crippen LogP contribution in [0.4, 0.5) is 23.1 Å². The third-order valence-corrected chi connectivity index (χ3v) is 37.9. The molecule has 7 aromatic heterocycles. The van der Waals surface area contributed by atoms with Gasteiger partial charge in [-0.1, -0.05) is 63.2 Å². The van der Waals surface area contributed by atoms with E-state index >= 15 is 0 Å². The second-order valence-electron chi connectivity index (χ2n) is 43.1. The van der Waals surface area contributed by atoms with Crippen LogP contribution in [0, 0.1) is 34.0 Å². The highest BCUT2D eigenvalue weighted by Crippen LogP contribution is 2.68. The molecule has 14 saturated heterocycles. The van der Waals surface area contributed by atoms with E-state index in [0.717, 1.165) is 66.2 Å². The van der Waals surface area contributed by atoms with E-state index in [1.54, 1.807) is 11.1 Å². The Hall–Kier alpha value is -7.56. The normalized spacial score (nSPS) is 39.7. The number of aryl methyl sites for hydroxylation is 7. The molecule has 0 N–H and O–H groups in total. The van der Waals surface area contributed by atoms with Gasteiger partial charge in [0, 0.05) is 235 Å². The van der Waals surface area contributed by atoms with Crippen LogP contribution < -0.4 is 19.6 Å². The third-order valence-electron chi connectivity index (χ3n) is 37.9. The number of benzene rings is 2. The lowest BCUT2D eigenvalue weighted by molar-refractivity contribution is -0.0456. The number of para-hydroxylation sites is 1. The number of hydrogen-bond donors (Lipinski definition) is 0. The molecule has 15 heteroatoms. The van der Waals surface area contributed by atoms with E-state index < -0.39 is 0 Å². The van der Waals surface area contributed by atoms with Gasteiger partial charge in [0.15, 0.2) is 0 Å². The number of anilines is 4. The zero-order valence-corrected chi connectivity index (χ0v) is 77.5. The van der Waals surface area contributed by atoms with Crippen LogP contribution in [0.25, 0.3) is 0 Å². The average Bonchev–Trinajstić information content (AvgIpc) is 1.02. The fourth-order valence-electron chi connectivity index (χ4n) is 30.9. The largest absolute Gasteiger partial charge is 0.354 e. The standard InChI is InChI=1S/C19H22N2.C17H21N3.C15H22N2.C15H24N2.C14H22N2.C13H20N2.C12H18N2/c1-14-18-9-11-19(12-10-18,16-7-4-3-6-15(16)18)21(14)17-8-5-13-20(17)2;1-13-19-12-10-17(2,14-7-4-5-8-15(14)19)20(13)16-9-6-11-18(16)3;1-12-14-5-8-15(9-6-14,10-7-14)17(12)13-4-3-11-16(13)2;1-10-11(2)17-9-15(10,4)14(12(17)3)13-7-6-8-16(13)5;1-10-13(12-6-5-8-15(12)4)11-7-9-16(10)14(11,2)3;1-10-12(11-5-4-7-14(11)3)13(2)6-8-15(10)9-13;1-9-12(10-5-7-14(9)8-10)11-4-3-6-13(11)2/h3-8,13-14H,9-12H2,1-2H3;4-9,11,13H,10,12H2,1-3H3;3-4,11-12H,5-10H2,1-2H3;6-8,10-12,14H,9H2,1-5H3;5-6,8,10-11,13H,7,9H2,1-4H3;4-5,7,10,12H,6,8-9H2,1-3H3;3-4,6,9-10,12H,5,7-8H2,1-2H3. The van der Waals surface area contributed by atoms with E-state index in [1.165, 1.54) is 181 Å². The molecule has 15 nitrogen and oxygen atoms in total. The van der Waals surface area contributed by atoms with Crippen molar-refractivity contribution in [1.29, 1.82) is 0 Å². The average molecular weight is 1620 g/mol. The molecule has 22 unspecified atom stereocenters. The fraction of sp³-hybridized carbons (Fsp3) is 0.619. The van der Waals surface area contributed by atoms with Gasteiger partial charge in [0.2, 0.25) is 0 Å². The predicted octanol–water partition coefficient (Wildman–Crippen LogP) is 20.1. The molecule has 0 amide bonds. The van der Waals surface area contributed by atoms with Gasteiger partial charge in [-0.25, -0.2) is 0 Å². The van der Waals surface area contributed by atoms with Crippen LogP contribution in [-0.4, -0.2) is 157 Å². The number of rotatable bonds is 7. The molecule has 32 rings (SSSR count). The first-order valence-electron chi connectivity index (χ1n) is 47.5. The Labute approximate surface area is 722 Å². The first kappa shape index (κ1) is 82.1. The molecule has 0 spiro atoms. The summed E-state index contributed by atoms with van der Waals surface area (Å²) in [6.07, 6.45) is 35.0. The zero-order valence-electron chi connectivity index (χ0n) is 77.5. The Bertz CT molecular complexity index is 5120. The molecule has 14 bridgehead atoms. The van der Waals surface area contributed by atoms with Gasteiger partial charge in [0.1, 0.15) is 23.6 Å². The van der Waals surface area contributed by atoms with Crippen LogP contribution in [-0.2, 0) is 65.8 Å². The number of nitrogens with zero attached hydrogens (tertiary/aromatic N) is 15. The van der Waals surface area contributed by atoms with Crippen LogP contribution in [0.1, 0.15) is 250 Å². The molecule has 22 atom stereocenters. The summed E-state index contributed by atoms with van der Waals surface area (Å²) >= 11 is 0. The molecule has 9 aromatic rings. The molecule has 0 radical (unpaired) electrons. The number of fused-ring (bicyclic) bond motifs is 10. The monoisotopic (exact) mass is 1620 g/mol. The molecule has 2 aromatic carbocycles. The van der Waals surface area contributed by atoms with Crippen LogP contribution >= 0.6 is 0 Å². The van der Waals surface area contributed by atoms with Crippen molar-refractivity contribution in [2.75, 3.05) is 65.4 Å². The van der Waals surface area contributed by atoms with E-state index in [4.69, 9.17) is 0 Å². The summed E-state index contributed by atoms with van der Waals surface area (Å²) in [4.78, 5) is 21.4. The van der Waals surface area contributed by atoms with E-state index in [0.29, 0.717) is 62.9 Å². The van der Waals surface area contributed by atoms with E-state index in [2.05, 4.69) is 394 Å². The Balaban J connectivity index is 0.0000000929. The van der Waals surface area contributed by atoms with Crippen LogP contribution in [0.15, 0.2) is 177 Å². The minimum Gasteiger partial charge on any atom is -0.354 e. The summed E-state index contributed by atoms with van der Waals surface area (Å²) in [5.41, 5.74) is 15.5. The van der Waals surface area contributed by atoms with Gasteiger partial charge in [-0.05, 0) is 322 Å². The van der Waals surface area contributed by atoms with Crippen molar-refractivity contribution in [3.05, 3.63) is 216 Å². The predicted molar refractivity (Wildman–Crippen MR) is 496 cm³/mol. The highest BCUT2D eigenvalue weighted by molar-refractivity contribution is 5.69. The van der Waals surface area contributed by atoms with Crippen molar-refractivity contribution < 1.29 is 0 Å². The van der Waals surface area contributed by atoms with Crippen molar-refractivity contribution in [3.8, 4) is 0 Å². The first-order chi connectivity index (χ1) is 57.4. The lowest BCUT2D eigenvalue weighted by Crippen LogP contribution is -2.72. The first-order valence-corrected chi connectivity index (χ1v) is 47.5. The summed E-state index contributed by atoms with van der Waals surface area (Å²) in [6.45, 7) is 42.8. The Morgan fingerprint density at radius 3 is 1.38 bits per heavy atom. The minimum atomic E-state index is 0.0941. The molecular formula is C105H149N15. The van der Waals surface area contributed by atoms with Crippen molar-refractivity contribution >= 4 is 23.1 Å². The van der Waals surface area contributed by atoms with Gasteiger partial charge in [0.25, 0.3) is 0 Å². The van der Waals surface area contributed by atoms with Gasteiger partial charge in [-0.2, -0.15) is 0 Å². The highest BCUT2D eigenvalue weighted by atomic mass is 15.5. The Morgan fingerprint density at radius 1 is 0.367 bits per heavy atom. The minimum absolute atomic E-state index is 0.0941. The van der Waals surface area contributed by atoms with Gasteiger partial charge < -0.3 is 51.6 Å². The summed E-state index contributed by atoms with van der Waals surface area (Å²) < 4.78 is 16.0. The molecule has 6 aliphatic carbocycles. The zero-order chi connectivity index (χ0) is 84.0. The molecule has 18 fully saturated rings. The molecule has 644 valence electrons. The Kier molecular flexibility index (Phi) is 20.4. The van der Waals surface area contributed by atoms with Crippen LogP contribution in [0.2, 0.25) is 0 Å². The Morgan fingerprint density at radius 2 is 0.883 bits per heavy atom. The van der Waals surface area contributed by atoms with Gasteiger partial charge in [0.05, 0.1) is 11.1 Å². The van der Waals surface area contributed by atoms with E-state index in [1.807, 2.05) is 0 Å². The maximum Gasteiger partial charge on any atom is 0.110 e. The SMILES string of the molecule is CC1C(C)C2(C)CN1C(C)C2c1cccn1C.CC1C(c2cccn2C)C2(C)CCN1C2.CC1C(c2cccn2C)C2CCN1C2.CC1C(c2cccn2C)C2CCN1C2(C)C.CC1N(c2cccn2C)C23CCC1(CC2)CC3.CC1N(c2cccn2C)C23CCC1(CC2)c1ccccc13.CC1N2CCC(C)(c3ccccc32)N1c1cccn1C. The molecule has 120 heavy (non-hydrogen) atoms. The summed E-state index contributed by atoms with van der Waals surface area (Å²) in [5, 5.41) is 0. The van der Waals surface area contributed by atoms with E-state index in [9.17, 15) is 0 Å². The molecule has 23 aliphatic rings. The third kappa shape index (κ3) is 12.2. The lowest BCUT2D eigenvalue weighted by Gasteiger charge is -2.70. The van der Waals surface area contributed by atoms with E-state index in [-0.39, 0.29) is 11.1 Å². The van der Waals surface area contributed by atoms with Crippen molar-refractivity contribution in [3.63, 3.8) is 0 Å². The number of aromatic nitrogens is 7. The van der Waals surface area contributed by atoms with Gasteiger partial charge >= 0.3 is 0 Å². The number of piperidine rings is 9. The van der Waals surface area contributed by atoms with Gasteiger partial charge in [-0.15, -0.1) is 0 Å². The topological polar surface area (TPSA) is 60.4 Å². The van der Waals surface area contributed by atoms with Crippen molar-refractivity contribution in [1.82, 2.24) is 51.6 Å². The van der Waals surface area contributed by atoms with Crippen molar-refractivity contribution in [2.24, 2.45) is 83.3 Å².